The van der Waals surface area contributed by atoms with Gasteiger partial charge in [-0.1, -0.05) is 17.7 Å². The maximum Gasteiger partial charge on any atom is 0.313 e. The molecule has 1 heterocycles. The van der Waals surface area contributed by atoms with Crippen molar-refractivity contribution in [1.82, 2.24) is 0 Å². The van der Waals surface area contributed by atoms with E-state index in [0.29, 0.717) is 11.6 Å². The Bertz CT molecular complexity index is 535. The number of hydrogen-bond acceptors (Lipinski definition) is 4. The summed E-state index contributed by atoms with van der Waals surface area (Å²) < 4.78 is 5.05. The number of aliphatic hydroxyl groups is 1. The van der Waals surface area contributed by atoms with Crippen LogP contribution < -0.4 is 4.90 Å². The minimum absolute atomic E-state index is 0.236. The highest BCUT2D eigenvalue weighted by atomic mass is 35.5. The molecule has 1 aromatic rings. The Morgan fingerprint density at radius 2 is 2.09 bits per heavy atom. The van der Waals surface area contributed by atoms with E-state index in [1.165, 1.54) is 0 Å². The monoisotopic (exact) mass is 325 g/mol. The predicted octanol–water partition coefficient (Wildman–Crippen LogP) is 3.36. The second-order valence-electron chi connectivity index (χ2n) is 6.17. The Balaban J connectivity index is 2.12. The van der Waals surface area contributed by atoms with Gasteiger partial charge in [0.15, 0.2) is 0 Å². The van der Waals surface area contributed by atoms with Crippen LogP contribution in [0.25, 0.3) is 0 Å². The van der Waals surface area contributed by atoms with Crippen LogP contribution in [-0.4, -0.2) is 36.4 Å². The number of carbonyl (C=O) groups is 1. The summed E-state index contributed by atoms with van der Waals surface area (Å²) in [6.07, 6.45) is 1.45. The Morgan fingerprint density at radius 1 is 1.45 bits per heavy atom. The largest absolute Gasteiger partial charge is 0.466 e. The summed E-state index contributed by atoms with van der Waals surface area (Å²) in [5, 5.41) is 10.7. The van der Waals surface area contributed by atoms with Gasteiger partial charge >= 0.3 is 5.97 Å². The van der Waals surface area contributed by atoms with Crippen LogP contribution in [0.5, 0.6) is 0 Å². The number of anilines is 1. The van der Waals surface area contributed by atoms with E-state index in [1.54, 1.807) is 6.92 Å². The minimum Gasteiger partial charge on any atom is -0.466 e. The molecule has 0 aliphatic carbocycles. The van der Waals surface area contributed by atoms with Crippen molar-refractivity contribution < 1.29 is 14.6 Å². The number of rotatable bonds is 4. The number of esters is 1. The van der Waals surface area contributed by atoms with Crippen LogP contribution in [0.1, 0.15) is 45.1 Å². The number of benzene rings is 1. The van der Waals surface area contributed by atoms with Gasteiger partial charge in [-0.2, -0.15) is 0 Å². The average molecular weight is 326 g/mol. The molecule has 0 aromatic heterocycles. The van der Waals surface area contributed by atoms with Gasteiger partial charge in [-0.15, -0.1) is 0 Å². The van der Waals surface area contributed by atoms with Crippen molar-refractivity contribution in [3.8, 4) is 0 Å². The first-order chi connectivity index (χ1) is 10.3. The van der Waals surface area contributed by atoms with Gasteiger partial charge in [0.05, 0.1) is 28.8 Å². The first-order valence-corrected chi connectivity index (χ1v) is 8.15. The van der Waals surface area contributed by atoms with Crippen LogP contribution in [0.4, 0.5) is 5.69 Å². The highest BCUT2D eigenvalue weighted by Gasteiger charge is 2.28. The fourth-order valence-electron chi connectivity index (χ4n) is 2.68. The van der Waals surface area contributed by atoms with Crippen molar-refractivity contribution in [3.63, 3.8) is 0 Å². The van der Waals surface area contributed by atoms with Crippen molar-refractivity contribution in [3.05, 3.63) is 28.8 Å². The maximum absolute atomic E-state index is 11.8. The second kappa shape index (κ2) is 6.88. The predicted molar refractivity (Wildman–Crippen MR) is 88.6 cm³/mol. The lowest BCUT2D eigenvalue weighted by atomic mass is 9.93. The van der Waals surface area contributed by atoms with Crippen LogP contribution in [-0.2, 0) is 9.53 Å². The zero-order valence-corrected chi connectivity index (χ0v) is 14.2. The van der Waals surface area contributed by atoms with Crippen molar-refractivity contribution in [2.24, 2.45) is 0 Å². The number of hydrogen-bond donors (Lipinski definition) is 1. The lowest BCUT2D eigenvalue weighted by molar-refractivity contribution is -0.144. The maximum atomic E-state index is 11.8. The van der Waals surface area contributed by atoms with Crippen LogP contribution >= 0.6 is 11.6 Å². The molecular weight excluding hydrogens is 302 g/mol. The summed E-state index contributed by atoms with van der Waals surface area (Å²) in [6, 6.07) is 5.72. The zero-order valence-electron chi connectivity index (χ0n) is 13.4. The molecular formula is C17H24ClNO3. The van der Waals surface area contributed by atoms with Gasteiger partial charge in [0.2, 0.25) is 0 Å². The number of nitrogens with zero attached hydrogens (tertiary/aromatic N) is 1. The number of piperidine rings is 1. The SMILES string of the molecule is CCOC(=O)C(C)c1ccc(N2CCC(C)(O)CC2)c(Cl)c1. The van der Waals surface area contributed by atoms with E-state index < -0.39 is 5.60 Å². The summed E-state index contributed by atoms with van der Waals surface area (Å²) in [7, 11) is 0. The van der Waals surface area contributed by atoms with E-state index >= 15 is 0 Å². The van der Waals surface area contributed by atoms with Gasteiger partial charge in [-0.3, -0.25) is 4.79 Å². The molecule has 2 rings (SSSR count). The van der Waals surface area contributed by atoms with Gasteiger partial charge in [-0.05, 0) is 51.3 Å². The third kappa shape index (κ3) is 3.93. The Hall–Kier alpha value is -1.26. The van der Waals surface area contributed by atoms with E-state index in [9.17, 15) is 9.90 Å². The molecule has 0 saturated carbocycles. The summed E-state index contributed by atoms with van der Waals surface area (Å²) >= 11 is 6.40. The third-order valence-corrected chi connectivity index (χ3v) is 4.60. The van der Waals surface area contributed by atoms with Crippen LogP contribution in [0, 0.1) is 0 Å². The normalized spacial score (nSPS) is 18.9. The molecule has 1 aromatic carbocycles. The van der Waals surface area contributed by atoms with Crippen molar-refractivity contribution >= 4 is 23.3 Å². The van der Waals surface area contributed by atoms with Crippen molar-refractivity contribution in [2.45, 2.75) is 45.1 Å². The number of halogens is 1. The smallest absolute Gasteiger partial charge is 0.313 e. The molecule has 1 atom stereocenters. The minimum atomic E-state index is -0.582. The Kier molecular flexibility index (Phi) is 5.35. The summed E-state index contributed by atoms with van der Waals surface area (Å²) in [5.74, 6) is -0.561. The van der Waals surface area contributed by atoms with E-state index in [1.807, 2.05) is 32.0 Å². The van der Waals surface area contributed by atoms with Crippen LogP contribution in [0.2, 0.25) is 5.02 Å². The second-order valence-corrected chi connectivity index (χ2v) is 6.58. The fourth-order valence-corrected chi connectivity index (χ4v) is 2.99. The molecule has 1 unspecified atom stereocenters. The standard InChI is InChI=1S/C17H24ClNO3/c1-4-22-16(20)12(2)13-5-6-15(14(18)11-13)19-9-7-17(3,21)8-10-19/h5-6,11-12,21H,4,7-10H2,1-3H3. The van der Waals surface area contributed by atoms with Crippen LogP contribution in [0.15, 0.2) is 18.2 Å². The number of ether oxygens (including phenoxy) is 1. The van der Waals surface area contributed by atoms with Crippen molar-refractivity contribution in [2.75, 3.05) is 24.6 Å². The van der Waals surface area contributed by atoms with E-state index in [4.69, 9.17) is 16.3 Å². The summed E-state index contributed by atoms with van der Waals surface area (Å²) in [4.78, 5) is 14.0. The molecule has 5 heteroatoms. The third-order valence-electron chi connectivity index (χ3n) is 4.29. The molecule has 1 N–H and O–H groups in total. The molecule has 122 valence electrons. The lowest BCUT2D eigenvalue weighted by Gasteiger charge is -2.37. The highest BCUT2D eigenvalue weighted by Crippen LogP contribution is 2.33. The Labute approximate surface area is 137 Å². The molecule has 4 nitrogen and oxygen atoms in total. The van der Waals surface area contributed by atoms with Gasteiger partial charge < -0.3 is 14.7 Å². The molecule has 1 saturated heterocycles. The van der Waals surface area contributed by atoms with E-state index in [2.05, 4.69) is 4.90 Å². The topological polar surface area (TPSA) is 49.8 Å². The van der Waals surface area contributed by atoms with Gasteiger partial charge in [0.25, 0.3) is 0 Å². The number of carbonyl (C=O) groups excluding carboxylic acids is 1. The molecule has 0 amide bonds. The molecule has 0 bridgehead atoms. The first kappa shape index (κ1) is 17.1. The van der Waals surface area contributed by atoms with E-state index in [0.717, 1.165) is 37.2 Å². The molecule has 22 heavy (non-hydrogen) atoms. The van der Waals surface area contributed by atoms with Crippen LogP contribution in [0.3, 0.4) is 0 Å². The van der Waals surface area contributed by atoms with Gasteiger partial charge in [0, 0.05) is 13.1 Å². The molecule has 0 spiro atoms. The van der Waals surface area contributed by atoms with Gasteiger partial charge in [-0.25, -0.2) is 0 Å². The molecule has 1 aliphatic heterocycles. The molecule has 0 radical (unpaired) electrons. The summed E-state index contributed by atoms with van der Waals surface area (Å²) in [6.45, 7) is 7.42. The Morgan fingerprint density at radius 3 is 2.64 bits per heavy atom. The quantitative estimate of drug-likeness (QED) is 0.862. The average Bonchev–Trinajstić information content (AvgIpc) is 2.47. The van der Waals surface area contributed by atoms with Crippen molar-refractivity contribution in [1.29, 1.82) is 0 Å². The summed E-state index contributed by atoms with van der Waals surface area (Å²) in [5.41, 5.74) is 1.23. The molecule has 1 fully saturated rings. The van der Waals surface area contributed by atoms with E-state index in [-0.39, 0.29) is 11.9 Å². The van der Waals surface area contributed by atoms with Gasteiger partial charge in [0.1, 0.15) is 0 Å². The first-order valence-electron chi connectivity index (χ1n) is 7.77. The fraction of sp³-hybridized carbons (Fsp3) is 0.588. The highest BCUT2D eigenvalue weighted by molar-refractivity contribution is 6.33. The zero-order chi connectivity index (χ0) is 16.3. The lowest BCUT2D eigenvalue weighted by Crippen LogP contribution is -2.42. The molecule has 1 aliphatic rings.